The molecule has 30 heavy (non-hydrogen) atoms. The van der Waals surface area contributed by atoms with Gasteiger partial charge in [-0.05, 0) is 23.8 Å². The van der Waals surface area contributed by atoms with Crippen LogP contribution in [0.1, 0.15) is 22.0 Å². The van der Waals surface area contributed by atoms with E-state index in [1.54, 1.807) is 23.4 Å². The van der Waals surface area contributed by atoms with Crippen molar-refractivity contribution in [3.63, 3.8) is 0 Å². The molecular formula is C22H26FN3O4. The molecule has 7 nitrogen and oxygen atoms in total. The predicted octanol–water partition coefficient (Wildman–Crippen LogP) is 2.14. The van der Waals surface area contributed by atoms with Gasteiger partial charge in [-0.3, -0.25) is 14.7 Å². The summed E-state index contributed by atoms with van der Waals surface area (Å²) >= 11 is 0. The van der Waals surface area contributed by atoms with Crippen molar-refractivity contribution >= 4 is 5.91 Å². The Hall–Kier alpha value is -2.55. The smallest absolute Gasteiger partial charge is 0.257 e. The van der Waals surface area contributed by atoms with E-state index < -0.39 is 5.82 Å². The number of aromatic nitrogens is 1. The fourth-order valence-electron chi connectivity index (χ4n) is 4.09. The number of amides is 1. The van der Waals surface area contributed by atoms with Crippen molar-refractivity contribution in [2.24, 2.45) is 0 Å². The van der Waals surface area contributed by atoms with Gasteiger partial charge in [-0.15, -0.1) is 0 Å². The number of carbonyl (C=O) groups excluding carboxylic acids is 1. The number of methoxy groups -OCH3 is 1. The third-order valence-corrected chi connectivity index (χ3v) is 5.59. The van der Waals surface area contributed by atoms with Crippen molar-refractivity contribution in [3.05, 3.63) is 59.7 Å². The molecule has 0 radical (unpaired) electrons. The topological polar surface area (TPSA) is 64.1 Å². The first kappa shape index (κ1) is 20.7. The van der Waals surface area contributed by atoms with Gasteiger partial charge in [0, 0.05) is 38.6 Å². The summed E-state index contributed by atoms with van der Waals surface area (Å²) in [4.78, 5) is 21.6. The maximum absolute atomic E-state index is 14.8. The van der Waals surface area contributed by atoms with Gasteiger partial charge in [0.15, 0.2) is 11.6 Å². The number of benzene rings is 1. The highest BCUT2D eigenvalue weighted by Gasteiger charge is 2.38. The molecule has 8 heteroatoms. The van der Waals surface area contributed by atoms with Crippen molar-refractivity contribution in [1.29, 1.82) is 0 Å². The number of pyridine rings is 1. The average Bonchev–Trinajstić information content (AvgIpc) is 2.80. The molecule has 1 aromatic heterocycles. The summed E-state index contributed by atoms with van der Waals surface area (Å²) in [5.41, 5.74) is 0.863. The summed E-state index contributed by atoms with van der Waals surface area (Å²) in [7, 11) is 1.39. The molecule has 2 aliphatic heterocycles. The van der Waals surface area contributed by atoms with Gasteiger partial charge in [0.05, 0.1) is 44.6 Å². The number of morpholine rings is 2. The van der Waals surface area contributed by atoms with Crippen molar-refractivity contribution in [2.75, 3.05) is 53.1 Å². The third kappa shape index (κ3) is 4.30. The average molecular weight is 415 g/mol. The third-order valence-electron chi connectivity index (χ3n) is 5.59. The van der Waals surface area contributed by atoms with Crippen LogP contribution in [0.3, 0.4) is 0 Å². The van der Waals surface area contributed by atoms with E-state index in [9.17, 15) is 9.18 Å². The molecule has 0 aliphatic carbocycles. The molecule has 4 rings (SSSR count). The van der Waals surface area contributed by atoms with E-state index in [0.29, 0.717) is 32.9 Å². The number of rotatable bonds is 5. The Morgan fingerprint density at radius 2 is 2.03 bits per heavy atom. The van der Waals surface area contributed by atoms with Gasteiger partial charge in [0.25, 0.3) is 5.91 Å². The second kappa shape index (κ2) is 9.51. The van der Waals surface area contributed by atoms with E-state index in [1.807, 2.05) is 12.1 Å². The van der Waals surface area contributed by atoms with Crippen LogP contribution in [0.15, 0.2) is 42.7 Å². The number of hydrogen-bond acceptors (Lipinski definition) is 6. The van der Waals surface area contributed by atoms with Gasteiger partial charge >= 0.3 is 0 Å². The normalized spacial score (nSPS) is 22.7. The van der Waals surface area contributed by atoms with Crippen molar-refractivity contribution < 1.29 is 23.4 Å². The lowest BCUT2D eigenvalue weighted by atomic mass is 9.97. The zero-order valence-electron chi connectivity index (χ0n) is 17.0. The molecule has 0 N–H and O–H groups in total. The van der Waals surface area contributed by atoms with Crippen LogP contribution < -0.4 is 4.74 Å². The largest absolute Gasteiger partial charge is 0.494 e. The van der Waals surface area contributed by atoms with Crippen LogP contribution in [0.5, 0.6) is 5.75 Å². The van der Waals surface area contributed by atoms with E-state index >= 15 is 0 Å². The van der Waals surface area contributed by atoms with Gasteiger partial charge < -0.3 is 19.1 Å². The molecule has 160 valence electrons. The first-order valence-electron chi connectivity index (χ1n) is 10.1. The molecule has 2 aliphatic rings. The van der Waals surface area contributed by atoms with Crippen molar-refractivity contribution in [3.8, 4) is 5.75 Å². The molecule has 2 aromatic rings. The van der Waals surface area contributed by atoms with E-state index in [1.165, 1.54) is 19.2 Å². The van der Waals surface area contributed by atoms with Gasteiger partial charge in [-0.25, -0.2) is 4.39 Å². The Labute approximate surface area is 175 Å². The Bertz CT molecular complexity index is 861. The zero-order chi connectivity index (χ0) is 20.9. The highest BCUT2D eigenvalue weighted by molar-refractivity contribution is 5.95. The van der Waals surface area contributed by atoms with Gasteiger partial charge in [0.2, 0.25) is 0 Å². The van der Waals surface area contributed by atoms with Crippen molar-refractivity contribution in [2.45, 2.75) is 12.1 Å². The van der Waals surface area contributed by atoms with Crippen LogP contribution in [0, 0.1) is 5.82 Å². The molecule has 0 spiro atoms. The SMILES string of the molecule is COc1cccc(C(=O)N2CCO[C@@H](CN3CCOCC3)[C@@H]2c2cccnc2)c1F. The summed E-state index contributed by atoms with van der Waals surface area (Å²) in [5.74, 6) is -0.974. The van der Waals surface area contributed by atoms with Gasteiger partial charge in [-0.2, -0.15) is 0 Å². The van der Waals surface area contributed by atoms with E-state index in [-0.39, 0.29) is 29.4 Å². The molecule has 0 saturated carbocycles. The minimum atomic E-state index is -0.647. The van der Waals surface area contributed by atoms with E-state index in [0.717, 1.165) is 18.7 Å². The number of ether oxygens (including phenoxy) is 3. The second-order valence-electron chi connectivity index (χ2n) is 7.37. The fraction of sp³-hybridized carbons (Fsp3) is 0.455. The van der Waals surface area contributed by atoms with Crippen LogP contribution in [-0.4, -0.2) is 79.9 Å². The van der Waals surface area contributed by atoms with Crippen LogP contribution in [0.2, 0.25) is 0 Å². The summed E-state index contributed by atoms with van der Waals surface area (Å²) < 4.78 is 31.5. The Kier molecular flexibility index (Phi) is 6.56. The molecule has 2 fully saturated rings. The molecule has 3 heterocycles. The molecule has 0 bridgehead atoms. The maximum Gasteiger partial charge on any atom is 0.257 e. The summed E-state index contributed by atoms with van der Waals surface area (Å²) in [6, 6.07) is 8.03. The predicted molar refractivity (Wildman–Crippen MR) is 108 cm³/mol. The highest BCUT2D eigenvalue weighted by atomic mass is 19.1. The molecule has 1 aromatic carbocycles. The number of carbonyl (C=O) groups is 1. The quantitative estimate of drug-likeness (QED) is 0.746. The summed E-state index contributed by atoms with van der Waals surface area (Å²) in [5, 5.41) is 0. The maximum atomic E-state index is 14.8. The monoisotopic (exact) mass is 415 g/mol. The lowest BCUT2D eigenvalue weighted by Crippen LogP contribution is -2.53. The zero-order valence-corrected chi connectivity index (χ0v) is 17.0. The molecular weight excluding hydrogens is 389 g/mol. The number of hydrogen-bond donors (Lipinski definition) is 0. The summed E-state index contributed by atoms with van der Waals surface area (Å²) in [6.07, 6.45) is 3.19. The van der Waals surface area contributed by atoms with Crippen molar-refractivity contribution in [1.82, 2.24) is 14.8 Å². The lowest BCUT2D eigenvalue weighted by molar-refractivity contribution is -0.0820. The minimum Gasteiger partial charge on any atom is -0.494 e. The van der Waals surface area contributed by atoms with E-state index in [2.05, 4.69) is 9.88 Å². The lowest BCUT2D eigenvalue weighted by Gasteiger charge is -2.43. The second-order valence-corrected chi connectivity index (χ2v) is 7.37. The highest BCUT2D eigenvalue weighted by Crippen LogP contribution is 2.32. The number of nitrogens with zero attached hydrogens (tertiary/aromatic N) is 3. The van der Waals surface area contributed by atoms with Crippen LogP contribution in [0.4, 0.5) is 4.39 Å². The Morgan fingerprint density at radius 3 is 2.77 bits per heavy atom. The van der Waals surface area contributed by atoms with E-state index in [4.69, 9.17) is 14.2 Å². The van der Waals surface area contributed by atoms with Crippen LogP contribution in [-0.2, 0) is 9.47 Å². The molecule has 0 unspecified atom stereocenters. The molecule has 2 atom stereocenters. The Balaban J connectivity index is 1.65. The first-order chi connectivity index (χ1) is 14.7. The first-order valence-corrected chi connectivity index (χ1v) is 10.1. The fourth-order valence-corrected chi connectivity index (χ4v) is 4.09. The minimum absolute atomic E-state index is 0.00439. The van der Waals surface area contributed by atoms with Crippen LogP contribution in [0.25, 0.3) is 0 Å². The number of halogens is 1. The van der Waals surface area contributed by atoms with Gasteiger partial charge in [-0.1, -0.05) is 12.1 Å². The van der Waals surface area contributed by atoms with Gasteiger partial charge in [0.1, 0.15) is 0 Å². The standard InChI is InChI=1S/C22H26FN3O4/c1-28-18-6-2-5-17(20(18)23)22(27)26-10-13-30-19(15-25-8-11-29-12-9-25)21(26)16-4-3-7-24-14-16/h2-7,14,19,21H,8-13,15H2,1H3/t19-,21-/m0/s1. The summed E-state index contributed by atoms with van der Waals surface area (Å²) in [6.45, 7) is 4.42. The Morgan fingerprint density at radius 1 is 1.20 bits per heavy atom. The molecule has 2 saturated heterocycles. The van der Waals surface area contributed by atoms with Crippen LogP contribution >= 0.6 is 0 Å². The molecule has 1 amide bonds.